The molecule has 196 valence electrons. The Bertz CT molecular complexity index is 1450. The SMILES string of the molecule is NCCCC[C@@H]1N[C@@H](c2ccc3ccccc3c2)c2[nH]c(C(=O)O)cc2N(CCc2ccc(O)cc2)C1=O. The maximum atomic E-state index is 14.0. The molecule has 0 radical (unpaired) electrons. The van der Waals surface area contributed by atoms with Gasteiger partial charge in [-0.1, -0.05) is 55.0 Å². The van der Waals surface area contributed by atoms with E-state index in [-0.39, 0.29) is 17.4 Å². The van der Waals surface area contributed by atoms with Gasteiger partial charge in [-0.2, -0.15) is 0 Å². The molecule has 3 aromatic carbocycles. The van der Waals surface area contributed by atoms with Gasteiger partial charge >= 0.3 is 5.97 Å². The molecular formula is C30H32N4O4. The van der Waals surface area contributed by atoms with Crippen LogP contribution in [-0.2, 0) is 11.2 Å². The van der Waals surface area contributed by atoms with Crippen molar-refractivity contribution in [2.75, 3.05) is 18.0 Å². The molecule has 1 aliphatic heterocycles. The van der Waals surface area contributed by atoms with Gasteiger partial charge in [-0.25, -0.2) is 4.79 Å². The Morgan fingerprint density at radius 1 is 0.974 bits per heavy atom. The third kappa shape index (κ3) is 5.27. The lowest BCUT2D eigenvalue weighted by atomic mass is 9.98. The first-order valence-corrected chi connectivity index (χ1v) is 12.9. The van der Waals surface area contributed by atoms with Crippen LogP contribution in [0.1, 0.15) is 52.6 Å². The lowest BCUT2D eigenvalue weighted by Crippen LogP contribution is -2.46. The Morgan fingerprint density at radius 2 is 1.74 bits per heavy atom. The molecule has 38 heavy (non-hydrogen) atoms. The van der Waals surface area contributed by atoms with Gasteiger partial charge in [-0.15, -0.1) is 0 Å². The fourth-order valence-corrected chi connectivity index (χ4v) is 5.16. The Morgan fingerprint density at radius 3 is 2.47 bits per heavy atom. The molecule has 2 atom stereocenters. The van der Waals surface area contributed by atoms with Crippen molar-refractivity contribution in [2.45, 2.75) is 37.8 Å². The van der Waals surface area contributed by atoms with Crippen molar-refractivity contribution in [3.05, 3.63) is 95.3 Å². The molecule has 1 amide bonds. The normalized spacial score (nSPS) is 17.4. The first-order valence-electron chi connectivity index (χ1n) is 12.9. The predicted octanol–water partition coefficient (Wildman–Crippen LogP) is 4.34. The summed E-state index contributed by atoms with van der Waals surface area (Å²) in [6, 6.07) is 21.8. The van der Waals surface area contributed by atoms with E-state index in [1.807, 2.05) is 48.5 Å². The Hall–Kier alpha value is -4.14. The van der Waals surface area contributed by atoms with E-state index >= 15 is 0 Å². The van der Waals surface area contributed by atoms with E-state index in [2.05, 4.69) is 16.4 Å². The van der Waals surface area contributed by atoms with Crippen molar-refractivity contribution in [3.63, 3.8) is 0 Å². The number of aromatic nitrogens is 1. The second-order valence-corrected chi connectivity index (χ2v) is 9.74. The number of rotatable bonds is 9. The Labute approximate surface area is 221 Å². The minimum absolute atomic E-state index is 0.0339. The number of hydrogen-bond acceptors (Lipinski definition) is 5. The summed E-state index contributed by atoms with van der Waals surface area (Å²) in [6.07, 6.45) is 2.78. The first kappa shape index (κ1) is 25.5. The van der Waals surface area contributed by atoms with Crippen molar-refractivity contribution >= 4 is 28.3 Å². The maximum Gasteiger partial charge on any atom is 0.352 e. The van der Waals surface area contributed by atoms with Crippen molar-refractivity contribution in [1.82, 2.24) is 10.3 Å². The highest BCUT2D eigenvalue weighted by Gasteiger charge is 2.37. The molecule has 6 N–H and O–H groups in total. The molecule has 0 aliphatic carbocycles. The summed E-state index contributed by atoms with van der Waals surface area (Å²) in [4.78, 5) is 30.8. The third-order valence-corrected chi connectivity index (χ3v) is 7.18. The summed E-state index contributed by atoms with van der Waals surface area (Å²) in [5, 5.41) is 25.2. The summed E-state index contributed by atoms with van der Waals surface area (Å²) in [6.45, 7) is 0.924. The standard InChI is InChI=1S/C30H32N4O4/c31-15-4-3-7-24-29(36)34(16-14-19-8-12-23(35)13-9-19)26-18-25(30(37)38)33-28(26)27(32-24)22-11-10-20-5-1-2-6-21(20)17-22/h1-2,5-6,8-13,17-18,24,27,32-33,35H,3-4,7,14-16,31H2,(H,37,38)/t24-,27-/m0/s1. The predicted molar refractivity (Wildman–Crippen MR) is 148 cm³/mol. The van der Waals surface area contributed by atoms with Crippen LogP contribution in [0, 0.1) is 0 Å². The van der Waals surface area contributed by atoms with Crippen LogP contribution in [0.25, 0.3) is 10.8 Å². The van der Waals surface area contributed by atoms with E-state index in [9.17, 15) is 19.8 Å². The van der Waals surface area contributed by atoms with Crippen LogP contribution < -0.4 is 16.0 Å². The summed E-state index contributed by atoms with van der Waals surface area (Å²) in [5.41, 5.74) is 8.90. The largest absolute Gasteiger partial charge is 0.508 e. The van der Waals surface area contributed by atoms with Crippen LogP contribution in [0.5, 0.6) is 5.75 Å². The van der Waals surface area contributed by atoms with Crippen molar-refractivity contribution < 1.29 is 19.8 Å². The van der Waals surface area contributed by atoms with Gasteiger partial charge in [0.2, 0.25) is 5.91 Å². The number of phenols is 1. The van der Waals surface area contributed by atoms with E-state index in [1.54, 1.807) is 23.1 Å². The van der Waals surface area contributed by atoms with Gasteiger partial charge in [-0.05, 0) is 72.0 Å². The number of H-pyrrole nitrogens is 1. The summed E-state index contributed by atoms with van der Waals surface area (Å²) in [5.74, 6) is -0.997. The number of carboxylic acid groups (broad SMARTS) is 1. The number of nitrogens with one attached hydrogen (secondary N) is 2. The zero-order chi connectivity index (χ0) is 26.6. The number of aromatic amines is 1. The van der Waals surface area contributed by atoms with E-state index in [0.29, 0.717) is 37.3 Å². The second kappa shape index (κ2) is 11.1. The highest BCUT2D eigenvalue weighted by atomic mass is 16.4. The van der Waals surface area contributed by atoms with Gasteiger partial charge in [0.1, 0.15) is 11.4 Å². The number of carbonyl (C=O) groups excluding carboxylic acids is 1. The molecule has 1 aromatic heterocycles. The Balaban J connectivity index is 1.57. The van der Waals surface area contributed by atoms with Crippen molar-refractivity contribution in [1.29, 1.82) is 0 Å². The summed E-state index contributed by atoms with van der Waals surface area (Å²) >= 11 is 0. The fourth-order valence-electron chi connectivity index (χ4n) is 5.16. The van der Waals surface area contributed by atoms with Crippen LogP contribution in [0.3, 0.4) is 0 Å². The van der Waals surface area contributed by atoms with E-state index in [0.717, 1.165) is 34.7 Å². The van der Waals surface area contributed by atoms with Crippen LogP contribution >= 0.6 is 0 Å². The number of carbonyl (C=O) groups is 2. The third-order valence-electron chi connectivity index (χ3n) is 7.18. The smallest absolute Gasteiger partial charge is 0.352 e. The van der Waals surface area contributed by atoms with Gasteiger partial charge in [0.15, 0.2) is 0 Å². The molecule has 0 bridgehead atoms. The Kier molecular flexibility index (Phi) is 7.44. The number of amides is 1. The number of phenolic OH excluding ortho intramolecular Hbond substituents is 1. The topological polar surface area (TPSA) is 132 Å². The van der Waals surface area contributed by atoms with Crippen molar-refractivity contribution in [3.8, 4) is 5.75 Å². The zero-order valence-electron chi connectivity index (χ0n) is 21.1. The molecule has 2 heterocycles. The molecular weight excluding hydrogens is 480 g/mol. The highest BCUT2D eigenvalue weighted by molar-refractivity contribution is 6.00. The van der Waals surface area contributed by atoms with Crippen LogP contribution in [0.2, 0.25) is 0 Å². The number of nitrogens with two attached hydrogens (primary N) is 1. The van der Waals surface area contributed by atoms with Crippen molar-refractivity contribution in [2.24, 2.45) is 5.73 Å². The van der Waals surface area contributed by atoms with Crippen LogP contribution in [-0.4, -0.2) is 46.2 Å². The van der Waals surface area contributed by atoms with Gasteiger partial charge in [-0.3, -0.25) is 10.1 Å². The fraction of sp³-hybridized carbons (Fsp3) is 0.267. The lowest BCUT2D eigenvalue weighted by Gasteiger charge is -2.25. The molecule has 0 fully saturated rings. The number of unbranched alkanes of at least 4 members (excludes halogenated alkanes) is 1. The minimum Gasteiger partial charge on any atom is -0.508 e. The maximum absolute atomic E-state index is 14.0. The number of fused-ring (bicyclic) bond motifs is 2. The molecule has 4 aromatic rings. The number of nitrogens with zero attached hydrogens (tertiary/aromatic N) is 1. The van der Waals surface area contributed by atoms with Gasteiger partial charge in [0, 0.05) is 6.54 Å². The molecule has 8 nitrogen and oxygen atoms in total. The number of anilines is 1. The highest BCUT2D eigenvalue weighted by Crippen LogP contribution is 2.37. The average molecular weight is 513 g/mol. The van der Waals surface area contributed by atoms with Crippen LogP contribution in [0.15, 0.2) is 72.8 Å². The summed E-state index contributed by atoms with van der Waals surface area (Å²) in [7, 11) is 0. The van der Waals surface area contributed by atoms with Crippen LogP contribution in [0.4, 0.5) is 5.69 Å². The van der Waals surface area contributed by atoms with Gasteiger partial charge < -0.3 is 25.8 Å². The van der Waals surface area contributed by atoms with E-state index in [1.165, 1.54) is 0 Å². The second-order valence-electron chi connectivity index (χ2n) is 9.74. The molecule has 0 unspecified atom stereocenters. The van der Waals surface area contributed by atoms with Gasteiger partial charge in [0.05, 0.1) is 23.5 Å². The summed E-state index contributed by atoms with van der Waals surface area (Å²) < 4.78 is 0. The molecule has 8 heteroatoms. The monoisotopic (exact) mass is 512 g/mol. The number of carboxylic acids is 1. The molecule has 0 saturated carbocycles. The number of aromatic hydroxyl groups is 1. The quantitative estimate of drug-likeness (QED) is 0.212. The number of aromatic carboxylic acids is 1. The van der Waals surface area contributed by atoms with E-state index in [4.69, 9.17) is 5.73 Å². The molecule has 5 rings (SSSR count). The molecule has 0 saturated heterocycles. The average Bonchev–Trinajstić information content (AvgIpc) is 3.33. The van der Waals surface area contributed by atoms with E-state index < -0.39 is 18.1 Å². The first-order chi connectivity index (χ1) is 18.4. The minimum atomic E-state index is -1.08. The molecule has 0 spiro atoms. The molecule has 1 aliphatic rings. The van der Waals surface area contributed by atoms with Gasteiger partial charge in [0.25, 0.3) is 0 Å². The number of hydrogen-bond donors (Lipinski definition) is 5. The lowest BCUT2D eigenvalue weighted by molar-refractivity contribution is -0.120. The number of benzene rings is 3. The zero-order valence-corrected chi connectivity index (χ0v) is 21.1.